The van der Waals surface area contributed by atoms with Crippen molar-refractivity contribution in [3.63, 3.8) is 0 Å². The van der Waals surface area contributed by atoms with Gasteiger partial charge in [-0.2, -0.15) is 0 Å². The number of halogens is 1. The number of fused-ring (bicyclic) bond motifs is 3. The van der Waals surface area contributed by atoms with Gasteiger partial charge in [-0.05, 0) is 68.1 Å². The van der Waals surface area contributed by atoms with E-state index in [0.29, 0.717) is 0 Å². The fourth-order valence-corrected chi connectivity index (χ4v) is 4.02. The summed E-state index contributed by atoms with van der Waals surface area (Å²) in [6.07, 6.45) is 0. The van der Waals surface area contributed by atoms with E-state index in [1.165, 1.54) is 38.2 Å². The molecule has 0 atom stereocenters. The summed E-state index contributed by atoms with van der Waals surface area (Å²) in [5.41, 5.74) is 4.78. The zero-order valence-electron chi connectivity index (χ0n) is 14.7. The minimum atomic E-state index is 0.758. The second-order valence-corrected chi connectivity index (χ2v) is 7.22. The Morgan fingerprint density at radius 3 is 1.89 bits per heavy atom. The van der Waals surface area contributed by atoms with Crippen molar-refractivity contribution in [3.05, 3.63) is 108 Å². The molecule has 128 valence electrons. The Morgan fingerprint density at radius 1 is 0.444 bits per heavy atom. The number of hydrogen-bond acceptors (Lipinski definition) is 0. The Bertz CT molecular complexity index is 1280. The normalized spacial score (nSPS) is 11.1. The van der Waals surface area contributed by atoms with E-state index in [2.05, 4.69) is 84.9 Å². The standard InChI is InChI=1S/C26H17Cl/c27-22-11-6-9-19(16-22)18-8-5-10-20(15-18)26-17-21-7-1-2-12-23(21)24-13-3-4-14-25(24)26/h1-17H. The SMILES string of the molecule is Clc1cccc(-c2cccc(-c3cc4ccccc4c4ccccc34)c2)c1. The monoisotopic (exact) mass is 364 g/mol. The van der Waals surface area contributed by atoms with Gasteiger partial charge >= 0.3 is 0 Å². The summed E-state index contributed by atoms with van der Waals surface area (Å²) in [6.45, 7) is 0. The van der Waals surface area contributed by atoms with E-state index in [1.807, 2.05) is 18.2 Å². The van der Waals surface area contributed by atoms with Crippen molar-refractivity contribution < 1.29 is 0 Å². The topological polar surface area (TPSA) is 0 Å². The van der Waals surface area contributed by atoms with E-state index in [1.54, 1.807) is 0 Å². The first kappa shape index (κ1) is 16.1. The van der Waals surface area contributed by atoms with Crippen molar-refractivity contribution in [2.45, 2.75) is 0 Å². The Kier molecular flexibility index (Phi) is 3.92. The van der Waals surface area contributed by atoms with Crippen LogP contribution in [0.15, 0.2) is 103 Å². The van der Waals surface area contributed by atoms with Crippen LogP contribution in [0.3, 0.4) is 0 Å². The van der Waals surface area contributed by atoms with Gasteiger partial charge in [0.1, 0.15) is 0 Å². The zero-order valence-corrected chi connectivity index (χ0v) is 15.4. The van der Waals surface area contributed by atoms with Crippen molar-refractivity contribution in [2.75, 3.05) is 0 Å². The maximum atomic E-state index is 6.19. The lowest BCUT2D eigenvalue weighted by atomic mass is 9.92. The zero-order chi connectivity index (χ0) is 18.2. The lowest BCUT2D eigenvalue weighted by Gasteiger charge is -2.12. The van der Waals surface area contributed by atoms with Crippen LogP contribution >= 0.6 is 11.6 Å². The first-order chi connectivity index (χ1) is 13.3. The van der Waals surface area contributed by atoms with Crippen LogP contribution in [0.1, 0.15) is 0 Å². The summed E-state index contributed by atoms with van der Waals surface area (Å²) in [4.78, 5) is 0. The van der Waals surface area contributed by atoms with E-state index < -0.39 is 0 Å². The molecule has 0 nitrogen and oxygen atoms in total. The quantitative estimate of drug-likeness (QED) is 0.278. The fraction of sp³-hybridized carbons (Fsp3) is 0. The molecule has 0 unspecified atom stereocenters. The van der Waals surface area contributed by atoms with Gasteiger partial charge in [-0.1, -0.05) is 90.5 Å². The van der Waals surface area contributed by atoms with E-state index in [0.717, 1.165) is 10.6 Å². The largest absolute Gasteiger partial charge is 0.0843 e. The first-order valence-electron chi connectivity index (χ1n) is 9.06. The highest BCUT2D eigenvalue weighted by Crippen LogP contribution is 2.36. The fourth-order valence-electron chi connectivity index (χ4n) is 3.83. The highest BCUT2D eigenvalue weighted by atomic mass is 35.5. The van der Waals surface area contributed by atoms with Gasteiger partial charge in [-0.25, -0.2) is 0 Å². The molecule has 0 bridgehead atoms. The summed E-state index contributed by atoms with van der Waals surface area (Å²) in [5.74, 6) is 0. The van der Waals surface area contributed by atoms with Gasteiger partial charge < -0.3 is 0 Å². The molecular weight excluding hydrogens is 348 g/mol. The molecule has 0 N–H and O–H groups in total. The summed E-state index contributed by atoms with van der Waals surface area (Å²) in [7, 11) is 0. The highest BCUT2D eigenvalue weighted by molar-refractivity contribution is 6.30. The Hall–Kier alpha value is -3.09. The molecule has 0 saturated heterocycles. The second-order valence-electron chi connectivity index (χ2n) is 6.78. The maximum absolute atomic E-state index is 6.19. The van der Waals surface area contributed by atoms with Crippen molar-refractivity contribution in [3.8, 4) is 22.3 Å². The van der Waals surface area contributed by atoms with Crippen molar-refractivity contribution in [2.24, 2.45) is 0 Å². The van der Waals surface area contributed by atoms with Gasteiger partial charge in [0, 0.05) is 5.02 Å². The minimum absolute atomic E-state index is 0.758. The van der Waals surface area contributed by atoms with Gasteiger partial charge in [-0.3, -0.25) is 0 Å². The predicted molar refractivity (Wildman–Crippen MR) is 117 cm³/mol. The molecule has 1 heteroatoms. The average Bonchev–Trinajstić information content (AvgIpc) is 2.73. The lowest BCUT2D eigenvalue weighted by molar-refractivity contribution is 1.61. The van der Waals surface area contributed by atoms with Crippen LogP contribution in [0.4, 0.5) is 0 Å². The lowest BCUT2D eigenvalue weighted by Crippen LogP contribution is -1.86. The first-order valence-corrected chi connectivity index (χ1v) is 9.44. The molecule has 0 amide bonds. The minimum Gasteiger partial charge on any atom is -0.0843 e. The van der Waals surface area contributed by atoms with E-state index in [4.69, 9.17) is 11.6 Å². The second kappa shape index (κ2) is 6.57. The maximum Gasteiger partial charge on any atom is 0.0412 e. The van der Waals surface area contributed by atoms with Crippen LogP contribution in [0.25, 0.3) is 43.8 Å². The molecule has 0 saturated carbocycles. The van der Waals surface area contributed by atoms with Gasteiger partial charge in [0.05, 0.1) is 0 Å². The third kappa shape index (κ3) is 2.89. The molecule has 0 aliphatic heterocycles. The Morgan fingerprint density at radius 2 is 1.07 bits per heavy atom. The van der Waals surface area contributed by atoms with Crippen molar-refractivity contribution >= 4 is 33.1 Å². The van der Waals surface area contributed by atoms with Crippen molar-refractivity contribution in [1.82, 2.24) is 0 Å². The molecule has 0 aromatic heterocycles. The molecule has 5 aromatic rings. The van der Waals surface area contributed by atoms with Crippen LogP contribution in [0.2, 0.25) is 5.02 Å². The van der Waals surface area contributed by atoms with Gasteiger partial charge in [0.2, 0.25) is 0 Å². The molecule has 5 aromatic carbocycles. The van der Waals surface area contributed by atoms with Crippen LogP contribution in [-0.2, 0) is 0 Å². The molecule has 0 spiro atoms. The number of rotatable bonds is 2. The molecule has 0 aliphatic carbocycles. The molecule has 5 rings (SSSR count). The van der Waals surface area contributed by atoms with Gasteiger partial charge in [-0.15, -0.1) is 0 Å². The predicted octanol–water partition coefficient (Wildman–Crippen LogP) is 7.98. The summed E-state index contributed by atoms with van der Waals surface area (Å²) in [5, 5.41) is 5.88. The molecule has 0 fully saturated rings. The van der Waals surface area contributed by atoms with Crippen LogP contribution in [0, 0.1) is 0 Å². The van der Waals surface area contributed by atoms with E-state index >= 15 is 0 Å². The molecular formula is C26H17Cl. The summed E-state index contributed by atoms with van der Waals surface area (Å²) >= 11 is 6.19. The third-order valence-electron chi connectivity index (χ3n) is 5.10. The Balaban J connectivity index is 1.77. The van der Waals surface area contributed by atoms with E-state index in [-0.39, 0.29) is 0 Å². The molecule has 0 radical (unpaired) electrons. The van der Waals surface area contributed by atoms with Gasteiger partial charge in [0.25, 0.3) is 0 Å². The van der Waals surface area contributed by atoms with Crippen molar-refractivity contribution in [1.29, 1.82) is 0 Å². The summed E-state index contributed by atoms with van der Waals surface area (Å²) in [6, 6.07) is 36.3. The van der Waals surface area contributed by atoms with Crippen LogP contribution < -0.4 is 0 Å². The van der Waals surface area contributed by atoms with Crippen LogP contribution in [-0.4, -0.2) is 0 Å². The third-order valence-corrected chi connectivity index (χ3v) is 5.33. The Labute approximate surface area is 163 Å². The number of hydrogen-bond donors (Lipinski definition) is 0. The van der Waals surface area contributed by atoms with E-state index in [9.17, 15) is 0 Å². The highest BCUT2D eigenvalue weighted by Gasteiger charge is 2.09. The average molecular weight is 365 g/mol. The smallest absolute Gasteiger partial charge is 0.0412 e. The molecule has 27 heavy (non-hydrogen) atoms. The van der Waals surface area contributed by atoms with Gasteiger partial charge in [0.15, 0.2) is 0 Å². The number of benzene rings is 5. The summed E-state index contributed by atoms with van der Waals surface area (Å²) < 4.78 is 0. The molecule has 0 aliphatic rings. The van der Waals surface area contributed by atoms with Crippen LogP contribution in [0.5, 0.6) is 0 Å². The molecule has 0 heterocycles.